The number of rotatable bonds is 3. The molecule has 0 N–H and O–H groups in total. The number of hydrogen-bond acceptors (Lipinski definition) is 2. The molecule has 1 aromatic rings. The maximum Gasteiger partial charge on any atom is 0.246 e. The fourth-order valence-corrected chi connectivity index (χ4v) is 1.64. The molecule has 1 rings (SSSR count). The molecule has 0 atom stereocenters. The topological polar surface area (TPSA) is 43.1 Å². The van der Waals surface area contributed by atoms with Crippen molar-refractivity contribution in [2.45, 2.75) is 13.3 Å². The van der Waals surface area contributed by atoms with E-state index in [0.717, 1.165) is 4.47 Å². The molecule has 0 heterocycles. The van der Waals surface area contributed by atoms with Crippen LogP contribution < -0.4 is 0 Å². The van der Waals surface area contributed by atoms with E-state index in [0.29, 0.717) is 17.0 Å². The largest absolute Gasteiger partial charge is 0.259 e. The lowest BCUT2D eigenvalue weighted by Crippen LogP contribution is -1.96. The number of halogens is 2. The van der Waals surface area contributed by atoms with Gasteiger partial charge < -0.3 is 0 Å². The molecule has 0 aliphatic heterocycles. The zero-order chi connectivity index (χ0) is 11.4. The first-order chi connectivity index (χ1) is 7.04. The van der Waals surface area contributed by atoms with Gasteiger partial charge in [0.1, 0.15) is 0 Å². The van der Waals surface area contributed by atoms with E-state index in [9.17, 15) is 10.1 Å². The summed E-state index contributed by atoms with van der Waals surface area (Å²) in [6, 6.07) is 5.24. The molecule has 0 unspecified atom stereocenters. The maximum absolute atomic E-state index is 10.6. The zero-order valence-corrected chi connectivity index (χ0v) is 10.4. The Kier molecular flexibility index (Phi) is 4.29. The van der Waals surface area contributed by atoms with Gasteiger partial charge in [-0.3, -0.25) is 10.1 Å². The Morgan fingerprint density at radius 3 is 2.87 bits per heavy atom. The van der Waals surface area contributed by atoms with Crippen molar-refractivity contribution in [1.82, 2.24) is 0 Å². The smallest absolute Gasteiger partial charge is 0.246 e. The molecule has 15 heavy (non-hydrogen) atoms. The summed E-state index contributed by atoms with van der Waals surface area (Å²) in [7, 11) is 0. The van der Waals surface area contributed by atoms with E-state index in [2.05, 4.69) is 15.9 Å². The van der Waals surface area contributed by atoms with Crippen LogP contribution >= 0.6 is 27.5 Å². The monoisotopic (exact) mass is 289 g/mol. The van der Waals surface area contributed by atoms with E-state index in [1.807, 2.05) is 0 Å². The second-order valence-corrected chi connectivity index (χ2v) is 4.24. The summed E-state index contributed by atoms with van der Waals surface area (Å²) in [6.45, 7) is 1.74. The van der Waals surface area contributed by atoms with Gasteiger partial charge in [-0.2, -0.15) is 0 Å². The summed E-state index contributed by atoms with van der Waals surface area (Å²) in [5.74, 6) is 0. The van der Waals surface area contributed by atoms with Crippen LogP contribution in [0.1, 0.15) is 18.9 Å². The van der Waals surface area contributed by atoms with E-state index in [-0.39, 0.29) is 5.70 Å². The van der Waals surface area contributed by atoms with Gasteiger partial charge in [0, 0.05) is 27.6 Å². The Bertz CT molecular complexity index is 418. The van der Waals surface area contributed by atoms with Gasteiger partial charge in [0.2, 0.25) is 5.70 Å². The van der Waals surface area contributed by atoms with Crippen LogP contribution in [0.2, 0.25) is 5.02 Å². The first-order valence-corrected chi connectivity index (χ1v) is 5.51. The fraction of sp³-hybridized carbons (Fsp3) is 0.200. The molecule has 0 amide bonds. The van der Waals surface area contributed by atoms with Crippen molar-refractivity contribution in [3.63, 3.8) is 0 Å². The van der Waals surface area contributed by atoms with Gasteiger partial charge in [-0.15, -0.1) is 0 Å². The molecule has 80 valence electrons. The Balaban J connectivity index is 3.16. The van der Waals surface area contributed by atoms with Gasteiger partial charge in [0.15, 0.2) is 0 Å². The van der Waals surface area contributed by atoms with E-state index in [1.165, 1.54) is 6.08 Å². The minimum atomic E-state index is -0.392. The van der Waals surface area contributed by atoms with Crippen molar-refractivity contribution in [3.05, 3.63) is 49.1 Å². The first-order valence-electron chi connectivity index (χ1n) is 4.34. The van der Waals surface area contributed by atoms with Gasteiger partial charge >= 0.3 is 0 Å². The number of benzene rings is 1. The zero-order valence-electron chi connectivity index (χ0n) is 8.04. The number of hydrogen-bond donors (Lipinski definition) is 0. The highest BCUT2D eigenvalue weighted by Crippen LogP contribution is 2.23. The quantitative estimate of drug-likeness (QED) is 0.620. The SMILES string of the molecule is CC/C(=C/c1cc(Br)ccc1Cl)[N+](=O)[O-]. The van der Waals surface area contributed by atoms with Crippen molar-refractivity contribution >= 4 is 33.6 Å². The molecule has 1 aromatic carbocycles. The number of nitro groups is 1. The van der Waals surface area contributed by atoms with E-state index >= 15 is 0 Å². The van der Waals surface area contributed by atoms with Crippen LogP contribution in [0, 0.1) is 10.1 Å². The van der Waals surface area contributed by atoms with Gasteiger partial charge in [0.05, 0.1) is 4.92 Å². The third-order valence-corrected chi connectivity index (χ3v) is 2.71. The van der Waals surface area contributed by atoms with Crippen LogP contribution in [0.3, 0.4) is 0 Å². The molecule has 0 aliphatic carbocycles. The summed E-state index contributed by atoms with van der Waals surface area (Å²) in [6.07, 6.45) is 1.86. The van der Waals surface area contributed by atoms with Crippen LogP contribution in [0.4, 0.5) is 0 Å². The molecular weight excluding hydrogens is 281 g/mol. The molecular formula is C10H9BrClNO2. The van der Waals surface area contributed by atoms with Crippen molar-refractivity contribution in [2.75, 3.05) is 0 Å². The summed E-state index contributed by atoms with van der Waals surface area (Å²) in [5, 5.41) is 11.1. The van der Waals surface area contributed by atoms with Crippen molar-refractivity contribution in [1.29, 1.82) is 0 Å². The average molecular weight is 291 g/mol. The van der Waals surface area contributed by atoms with Crippen LogP contribution in [-0.4, -0.2) is 4.92 Å². The molecule has 5 heteroatoms. The van der Waals surface area contributed by atoms with Crippen LogP contribution in [0.15, 0.2) is 28.4 Å². The highest BCUT2D eigenvalue weighted by Gasteiger charge is 2.08. The fourth-order valence-electron chi connectivity index (χ4n) is 1.09. The summed E-state index contributed by atoms with van der Waals surface area (Å²) < 4.78 is 0.844. The molecule has 0 saturated carbocycles. The van der Waals surface area contributed by atoms with E-state index in [4.69, 9.17) is 11.6 Å². The van der Waals surface area contributed by atoms with Crippen molar-refractivity contribution in [3.8, 4) is 0 Å². The van der Waals surface area contributed by atoms with Crippen LogP contribution in [0.25, 0.3) is 6.08 Å². The molecule has 0 saturated heterocycles. The molecule has 0 fully saturated rings. The van der Waals surface area contributed by atoms with E-state index in [1.54, 1.807) is 25.1 Å². The highest BCUT2D eigenvalue weighted by molar-refractivity contribution is 9.10. The maximum atomic E-state index is 10.6. The van der Waals surface area contributed by atoms with Gasteiger partial charge in [-0.25, -0.2) is 0 Å². The third kappa shape index (κ3) is 3.32. The number of nitrogens with zero attached hydrogens (tertiary/aromatic N) is 1. The number of allylic oxidation sites excluding steroid dienone is 1. The molecule has 0 radical (unpaired) electrons. The summed E-state index contributed by atoms with van der Waals surface area (Å²) in [5.41, 5.74) is 0.801. The van der Waals surface area contributed by atoms with Gasteiger partial charge in [0.25, 0.3) is 0 Å². The Morgan fingerprint density at radius 1 is 1.67 bits per heavy atom. The molecule has 0 aliphatic rings. The Hall–Kier alpha value is -0.870. The van der Waals surface area contributed by atoms with Gasteiger partial charge in [-0.1, -0.05) is 34.5 Å². The second-order valence-electron chi connectivity index (χ2n) is 2.91. The van der Waals surface area contributed by atoms with Crippen LogP contribution in [-0.2, 0) is 0 Å². The molecule has 0 spiro atoms. The van der Waals surface area contributed by atoms with Crippen molar-refractivity contribution in [2.24, 2.45) is 0 Å². The normalized spacial score (nSPS) is 11.5. The third-order valence-electron chi connectivity index (χ3n) is 1.88. The predicted octanol–water partition coefficient (Wildman–Crippen LogP) is 4.13. The average Bonchev–Trinajstić information content (AvgIpc) is 2.18. The molecule has 3 nitrogen and oxygen atoms in total. The van der Waals surface area contributed by atoms with Crippen molar-refractivity contribution < 1.29 is 4.92 Å². The standard InChI is InChI=1S/C10H9BrClNO2/c1-2-9(13(14)15)6-7-5-8(11)3-4-10(7)12/h3-6H,2H2,1H3/b9-6-. The van der Waals surface area contributed by atoms with Crippen LogP contribution in [0.5, 0.6) is 0 Å². The van der Waals surface area contributed by atoms with Gasteiger partial charge in [-0.05, 0) is 18.2 Å². The Labute approximate surface area is 101 Å². The molecule has 0 bridgehead atoms. The molecule has 0 aromatic heterocycles. The minimum Gasteiger partial charge on any atom is -0.259 e. The second kappa shape index (κ2) is 5.28. The summed E-state index contributed by atoms with van der Waals surface area (Å²) >= 11 is 9.20. The lowest BCUT2D eigenvalue weighted by Gasteiger charge is -1.99. The summed E-state index contributed by atoms with van der Waals surface area (Å²) in [4.78, 5) is 10.2. The lowest BCUT2D eigenvalue weighted by atomic mass is 10.2. The Morgan fingerprint density at radius 2 is 2.33 bits per heavy atom. The lowest BCUT2D eigenvalue weighted by molar-refractivity contribution is -0.425. The minimum absolute atomic E-state index is 0.148. The highest BCUT2D eigenvalue weighted by atomic mass is 79.9. The van der Waals surface area contributed by atoms with E-state index < -0.39 is 4.92 Å². The predicted molar refractivity (Wildman–Crippen MR) is 64.4 cm³/mol. The first kappa shape index (κ1) is 12.2.